The number of piperidine rings is 1. The number of hydrogen-bond donors (Lipinski definition) is 2. The minimum absolute atomic E-state index is 0.314. The van der Waals surface area contributed by atoms with Gasteiger partial charge in [0.1, 0.15) is 5.82 Å². The van der Waals surface area contributed by atoms with Gasteiger partial charge in [-0.05, 0) is 31.0 Å². The molecule has 10 heteroatoms. The van der Waals surface area contributed by atoms with Crippen LogP contribution in [0.5, 0.6) is 0 Å². The Labute approximate surface area is 192 Å². The fourth-order valence-corrected chi connectivity index (χ4v) is 4.60. The molecule has 2 aromatic heterocycles. The van der Waals surface area contributed by atoms with Crippen LogP contribution in [0.4, 0.5) is 10.9 Å². The molecular formula is C21H18Cl2N4O3S. The predicted octanol–water partition coefficient (Wildman–Crippen LogP) is 5.07. The van der Waals surface area contributed by atoms with Crippen LogP contribution in [0.3, 0.4) is 0 Å². The summed E-state index contributed by atoms with van der Waals surface area (Å²) in [5.74, 6) is -0.918. The van der Waals surface area contributed by atoms with Crippen LogP contribution in [0, 0.1) is 5.92 Å². The van der Waals surface area contributed by atoms with E-state index in [9.17, 15) is 9.59 Å². The maximum Gasteiger partial charge on any atom is 0.306 e. The molecule has 3 heterocycles. The number of thiazole rings is 1. The van der Waals surface area contributed by atoms with Crippen LogP contribution >= 0.6 is 34.5 Å². The average molecular weight is 477 g/mol. The number of pyridine rings is 1. The Morgan fingerprint density at radius 2 is 1.97 bits per heavy atom. The number of carbonyl (C=O) groups is 2. The minimum Gasteiger partial charge on any atom is -0.481 e. The fourth-order valence-electron chi connectivity index (χ4n) is 3.41. The number of hydrogen-bond acceptors (Lipinski definition) is 6. The van der Waals surface area contributed by atoms with E-state index in [-0.39, 0.29) is 11.8 Å². The van der Waals surface area contributed by atoms with Crippen LogP contribution in [-0.2, 0) is 4.79 Å². The topological polar surface area (TPSA) is 95.4 Å². The summed E-state index contributed by atoms with van der Waals surface area (Å²) in [6.07, 6.45) is 2.54. The highest BCUT2D eigenvalue weighted by atomic mass is 35.5. The zero-order valence-electron chi connectivity index (χ0n) is 16.2. The predicted molar refractivity (Wildman–Crippen MR) is 122 cm³/mol. The van der Waals surface area contributed by atoms with Crippen molar-refractivity contribution in [2.24, 2.45) is 5.92 Å². The van der Waals surface area contributed by atoms with Gasteiger partial charge in [-0.15, -0.1) is 11.3 Å². The summed E-state index contributed by atoms with van der Waals surface area (Å²) in [5, 5.41) is 15.2. The molecule has 0 bridgehead atoms. The number of nitrogens with zero attached hydrogens (tertiary/aromatic N) is 3. The number of amides is 1. The number of benzene rings is 1. The van der Waals surface area contributed by atoms with Crippen molar-refractivity contribution in [2.75, 3.05) is 23.3 Å². The van der Waals surface area contributed by atoms with Gasteiger partial charge >= 0.3 is 5.97 Å². The maximum absolute atomic E-state index is 12.6. The molecule has 0 radical (unpaired) electrons. The fraction of sp³-hybridized carbons (Fsp3) is 0.238. The van der Waals surface area contributed by atoms with Gasteiger partial charge in [0.15, 0.2) is 5.13 Å². The number of aliphatic carboxylic acids is 1. The lowest BCUT2D eigenvalue weighted by Gasteiger charge is -2.31. The van der Waals surface area contributed by atoms with E-state index in [0.717, 1.165) is 11.3 Å². The number of anilines is 2. The molecule has 7 nitrogen and oxygen atoms in total. The van der Waals surface area contributed by atoms with Crippen LogP contribution in [-0.4, -0.2) is 40.0 Å². The summed E-state index contributed by atoms with van der Waals surface area (Å²) in [5.41, 5.74) is 1.90. The second-order valence-electron chi connectivity index (χ2n) is 7.13. The number of nitrogens with one attached hydrogen (secondary N) is 1. The molecular weight excluding hydrogens is 459 g/mol. The van der Waals surface area contributed by atoms with Gasteiger partial charge in [0.2, 0.25) is 0 Å². The van der Waals surface area contributed by atoms with Crippen molar-refractivity contribution in [1.29, 1.82) is 0 Å². The summed E-state index contributed by atoms with van der Waals surface area (Å²) in [6, 6.07) is 8.90. The zero-order chi connectivity index (χ0) is 22.0. The van der Waals surface area contributed by atoms with Gasteiger partial charge < -0.3 is 10.0 Å². The van der Waals surface area contributed by atoms with Crippen molar-refractivity contribution in [2.45, 2.75) is 12.8 Å². The van der Waals surface area contributed by atoms with E-state index in [1.165, 1.54) is 17.5 Å². The first-order valence-corrected chi connectivity index (χ1v) is 11.2. The number of aromatic nitrogens is 2. The molecule has 0 unspecified atom stereocenters. The molecule has 2 N–H and O–H groups in total. The van der Waals surface area contributed by atoms with Crippen LogP contribution in [0.2, 0.25) is 10.0 Å². The molecule has 1 fully saturated rings. The molecule has 1 aromatic carbocycles. The second kappa shape index (κ2) is 9.21. The molecule has 0 atom stereocenters. The third-order valence-corrected chi connectivity index (χ3v) is 6.34. The molecule has 31 heavy (non-hydrogen) atoms. The summed E-state index contributed by atoms with van der Waals surface area (Å²) in [6.45, 7) is 1.11. The van der Waals surface area contributed by atoms with E-state index in [2.05, 4.69) is 15.3 Å². The average Bonchev–Trinajstić information content (AvgIpc) is 3.22. The summed E-state index contributed by atoms with van der Waals surface area (Å²) in [7, 11) is 0. The summed E-state index contributed by atoms with van der Waals surface area (Å²) in [4.78, 5) is 34.5. The van der Waals surface area contributed by atoms with Gasteiger partial charge in [-0.2, -0.15) is 0 Å². The van der Waals surface area contributed by atoms with E-state index < -0.39 is 5.97 Å². The van der Waals surface area contributed by atoms with Gasteiger partial charge in [0.25, 0.3) is 5.91 Å². The van der Waals surface area contributed by atoms with Gasteiger partial charge in [-0.25, -0.2) is 9.97 Å². The molecule has 3 aromatic rings. The quantitative estimate of drug-likeness (QED) is 0.533. The number of carboxylic acids is 1. The highest BCUT2D eigenvalue weighted by molar-refractivity contribution is 7.14. The third-order valence-electron chi connectivity index (χ3n) is 5.07. The van der Waals surface area contributed by atoms with Crippen molar-refractivity contribution < 1.29 is 14.7 Å². The van der Waals surface area contributed by atoms with Crippen LogP contribution in [0.15, 0.2) is 41.9 Å². The van der Waals surface area contributed by atoms with Gasteiger partial charge in [0.05, 0.1) is 22.2 Å². The summed E-state index contributed by atoms with van der Waals surface area (Å²) >= 11 is 13.7. The smallest absolute Gasteiger partial charge is 0.306 e. The third kappa shape index (κ3) is 4.98. The van der Waals surface area contributed by atoms with Crippen molar-refractivity contribution in [1.82, 2.24) is 9.97 Å². The van der Waals surface area contributed by atoms with E-state index in [1.54, 1.807) is 12.1 Å². The number of rotatable bonds is 5. The Hall–Kier alpha value is -2.68. The molecule has 0 aliphatic carbocycles. The Morgan fingerprint density at radius 3 is 2.65 bits per heavy atom. The van der Waals surface area contributed by atoms with Crippen molar-refractivity contribution >= 4 is 57.4 Å². The SMILES string of the molecule is O=C(Nc1nc(-c2cccc(Cl)c2)cs1)c1cnc(N2CCC(C(=O)O)CC2)c(Cl)c1. The van der Waals surface area contributed by atoms with Crippen LogP contribution < -0.4 is 10.2 Å². The van der Waals surface area contributed by atoms with Crippen molar-refractivity contribution in [3.05, 3.63) is 57.5 Å². The van der Waals surface area contributed by atoms with E-state index >= 15 is 0 Å². The van der Waals surface area contributed by atoms with Gasteiger partial charge in [-0.1, -0.05) is 35.3 Å². The lowest BCUT2D eigenvalue weighted by atomic mass is 9.97. The highest BCUT2D eigenvalue weighted by Crippen LogP contribution is 2.30. The Bertz CT molecular complexity index is 1130. The first-order chi connectivity index (χ1) is 14.9. The molecule has 1 aliphatic heterocycles. The highest BCUT2D eigenvalue weighted by Gasteiger charge is 2.26. The zero-order valence-corrected chi connectivity index (χ0v) is 18.5. The molecule has 4 rings (SSSR count). The number of carboxylic acid groups (broad SMARTS) is 1. The van der Waals surface area contributed by atoms with Gasteiger partial charge in [-0.3, -0.25) is 14.9 Å². The van der Waals surface area contributed by atoms with Crippen molar-refractivity contribution in [3.63, 3.8) is 0 Å². The first kappa shape index (κ1) is 21.5. The molecule has 1 aliphatic rings. The maximum atomic E-state index is 12.6. The largest absolute Gasteiger partial charge is 0.481 e. The second-order valence-corrected chi connectivity index (χ2v) is 8.83. The normalized spacial score (nSPS) is 14.5. The van der Waals surface area contributed by atoms with E-state index in [1.807, 2.05) is 28.5 Å². The number of carbonyl (C=O) groups excluding carboxylic acids is 1. The lowest BCUT2D eigenvalue weighted by Crippen LogP contribution is -2.37. The summed E-state index contributed by atoms with van der Waals surface area (Å²) < 4.78 is 0. The Balaban J connectivity index is 1.43. The van der Waals surface area contributed by atoms with Crippen LogP contribution in [0.25, 0.3) is 11.3 Å². The lowest BCUT2D eigenvalue weighted by molar-refractivity contribution is -0.142. The molecule has 0 spiro atoms. The van der Waals surface area contributed by atoms with Crippen molar-refractivity contribution in [3.8, 4) is 11.3 Å². The molecule has 160 valence electrons. The minimum atomic E-state index is -0.772. The Morgan fingerprint density at radius 1 is 1.19 bits per heavy atom. The Kier molecular flexibility index (Phi) is 6.41. The van der Waals surface area contributed by atoms with E-state index in [0.29, 0.717) is 52.5 Å². The standard InChI is InChI=1S/C21H18Cl2N4O3S/c22-15-3-1-2-13(8-15)17-11-31-21(25-17)26-19(28)14-9-16(23)18(24-10-14)27-6-4-12(5-7-27)20(29)30/h1-3,8-12H,4-7H2,(H,29,30)(H,25,26,28). The first-order valence-electron chi connectivity index (χ1n) is 9.57. The van der Waals surface area contributed by atoms with E-state index in [4.69, 9.17) is 28.3 Å². The molecule has 1 amide bonds. The number of halogens is 2. The van der Waals surface area contributed by atoms with Gasteiger partial charge in [0, 0.05) is 35.3 Å². The molecule has 0 saturated carbocycles. The molecule has 1 saturated heterocycles. The monoisotopic (exact) mass is 476 g/mol. The van der Waals surface area contributed by atoms with Crippen LogP contribution in [0.1, 0.15) is 23.2 Å².